The second-order valence-corrected chi connectivity index (χ2v) is 34.5. The first-order chi connectivity index (χ1) is 69.9. The molecule has 3 aromatic heterocycles. The number of fused-ring (bicyclic) bond motifs is 3. The van der Waals surface area contributed by atoms with E-state index in [-0.39, 0.29) is 133 Å². The van der Waals surface area contributed by atoms with Gasteiger partial charge in [0.1, 0.15) is 42.0 Å². The number of ether oxygens (including phenoxy) is 5. The number of benzene rings is 3. The van der Waals surface area contributed by atoms with Crippen molar-refractivity contribution in [3.63, 3.8) is 0 Å². The number of carbonyl (C=O) groups excluding carboxylic acids is 18. The lowest BCUT2D eigenvalue weighted by Crippen LogP contribution is -2.50. The molecule has 6 rings (SSSR count). The number of Topliss-reactive ketones (excluding diaryl/α,β-unsaturated/α-hetero) is 7. The van der Waals surface area contributed by atoms with Gasteiger partial charge in [0.2, 0.25) is 70.1 Å². The number of aromatic nitrogens is 3. The number of aliphatic carboxylic acids is 1. The molecule has 0 spiro atoms. The number of amides is 6. The summed E-state index contributed by atoms with van der Waals surface area (Å²) in [4.78, 5) is 249. The van der Waals surface area contributed by atoms with Crippen molar-refractivity contribution >= 4 is 182 Å². The monoisotopic (exact) mass is 2060 g/mol. The maximum atomic E-state index is 13.1. The summed E-state index contributed by atoms with van der Waals surface area (Å²) in [6.07, 6.45) is 9.37. The molecule has 51 nitrogen and oxygen atoms in total. The number of rotatable bonds is 57. The lowest BCUT2D eigenvalue weighted by Gasteiger charge is -2.22. The van der Waals surface area contributed by atoms with Crippen LogP contribution in [0.25, 0.3) is 65.9 Å². The Morgan fingerprint density at radius 1 is 0.345 bits per heavy atom. The van der Waals surface area contributed by atoms with Crippen LogP contribution in [0.1, 0.15) is 197 Å². The SMILES string of the molecule is CC(=O)C[C@@H](Cc1c[nH]c2ccccc12)C(=O)N[C@@H](CCC(=O)C=[N+]=[N-])C(=O)OC(C)C.CC(C)C[C@H](N)C(=O)N[C@@H](CCC(=O)C=[N+]=[N-])C(=O)OC(C)C.CC(C)OC(=O)[C@H](CCC(=O)C=[N+]=[N-])NC(=O)[C@@H](N)Cc1c[nH]c2ccccc12.CCOC(=O)[C@H](CCC(=O)C=[N+]=[N-])NC(=O)[C@@H](N)Cc1c[nH]c2ccccc12.CCOC(=O)[C@H](CCC(=O)C=[N+]=[N-])NC(=O)[C@H](C)N.C[C@H](N)C(=O)N[C@@H](CCC(=O)C=[N+]=[N-])C(=O)O. The van der Waals surface area contributed by atoms with Crippen molar-refractivity contribution in [2.24, 2.45) is 40.5 Å². The van der Waals surface area contributed by atoms with Crippen molar-refractivity contribution in [1.29, 1.82) is 0 Å². The summed E-state index contributed by atoms with van der Waals surface area (Å²) in [6.45, 7) is 21.8. The number of nitrogens with one attached hydrogen (secondary N) is 9. The second-order valence-electron chi connectivity index (χ2n) is 34.5. The van der Waals surface area contributed by atoms with Gasteiger partial charge < -0.3 is 142 Å². The van der Waals surface area contributed by atoms with Gasteiger partial charge in [-0.25, -0.2) is 28.8 Å². The number of H-pyrrole nitrogens is 3. The fourth-order valence-corrected chi connectivity index (χ4v) is 13.2. The van der Waals surface area contributed by atoms with E-state index in [1.807, 2.05) is 92.8 Å². The van der Waals surface area contributed by atoms with Crippen molar-refractivity contribution < 1.29 is 149 Å². The third-order valence-electron chi connectivity index (χ3n) is 20.4. The molecule has 0 unspecified atom stereocenters. The van der Waals surface area contributed by atoms with Crippen molar-refractivity contribution in [2.75, 3.05) is 13.2 Å². The van der Waals surface area contributed by atoms with Crippen LogP contribution in [-0.4, -0.2) is 296 Å². The minimum atomic E-state index is -1.26. The molecular weight excluding hydrogens is 1930 g/mol. The van der Waals surface area contributed by atoms with Crippen LogP contribution >= 0.6 is 0 Å². The molecule has 20 N–H and O–H groups in total. The normalized spacial score (nSPS) is 12.8. The minimum Gasteiger partial charge on any atom is -0.480 e. The summed E-state index contributed by atoms with van der Waals surface area (Å²) >= 11 is 0. The molecule has 148 heavy (non-hydrogen) atoms. The van der Waals surface area contributed by atoms with Gasteiger partial charge in [-0.05, 0) is 181 Å². The van der Waals surface area contributed by atoms with E-state index in [0.29, 0.717) is 19.1 Å². The quantitative estimate of drug-likeness (QED) is 0.00856. The largest absolute Gasteiger partial charge is 0.480 e. The average molecular weight is 2060 g/mol. The number of nitrogens with zero attached hydrogens (tertiary/aromatic N) is 12. The number of carbonyl (C=O) groups is 19. The number of hydrogen-bond acceptors (Lipinski definition) is 29. The Balaban J connectivity index is 0.000000900. The molecule has 0 aliphatic carbocycles. The number of ketones is 7. The third-order valence-corrected chi connectivity index (χ3v) is 20.4. The Morgan fingerprint density at radius 3 is 0.838 bits per heavy atom. The zero-order valence-corrected chi connectivity index (χ0v) is 84.8. The third kappa shape index (κ3) is 52.8. The van der Waals surface area contributed by atoms with Gasteiger partial charge in [0.25, 0.3) is 0 Å². The van der Waals surface area contributed by atoms with Gasteiger partial charge in [-0.2, -0.15) is 28.7 Å². The van der Waals surface area contributed by atoms with Crippen molar-refractivity contribution in [1.82, 2.24) is 46.9 Å². The summed E-state index contributed by atoms with van der Waals surface area (Å²) in [5.74, 6) is -11.1. The molecule has 51 heteroatoms. The Morgan fingerprint density at radius 2 is 0.588 bits per heavy atom. The van der Waals surface area contributed by atoms with Crippen LogP contribution in [0.2, 0.25) is 0 Å². The second kappa shape index (κ2) is 71.2. The molecule has 3 heterocycles. The van der Waals surface area contributed by atoms with Gasteiger partial charge in [-0.3, -0.25) is 57.5 Å². The van der Waals surface area contributed by atoms with Crippen LogP contribution in [0.4, 0.5) is 0 Å². The van der Waals surface area contributed by atoms with E-state index in [0.717, 1.165) is 80.5 Å². The van der Waals surface area contributed by atoms with Crippen LogP contribution in [0.3, 0.4) is 0 Å². The highest BCUT2D eigenvalue weighted by Gasteiger charge is 2.34. The number of esters is 5. The van der Waals surface area contributed by atoms with Gasteiger partial charge in [0, 0.05) is 102 Å². The number of carboxylic acids is 1. The zero-order valence-electron chi connectivity index (χ0n) is 84.8. The smallest absolute Gasteiger partial charge is 0.328 e. The van der Waals surface area contributed by atoms with Crippen molar-refractivity contribution in [3.8, 4) is 0 Å². The average Bonchev–Trinajstić information content (AvgIpc) is 1.70. The molecule has 0 saturated heterocycles. The first kappa shape index (κ1) is 130. The van der Waals surface area contributed by atoms with E-state index in [1.54, 1.807) is 67.8 Å². The Hall–Kier alpha value is -16.3. The van der Waals surface area contributed by atoms with Crippen LogP contribution in [0.5, 0.6) is 0 Å². The van der Waals surface area contributed by atoms with E-state index < -0.39 is 184 Å². The van der Waals surface area contributed by atoms with Crippen LogP contribution in [0.15, 0.2) is 91.4 Å². The van der Waals surface area contributed by atoms with Crippen molar-refractivity contribution in [2.45, 2.75) is 284 Å². The highest BCUT2D eigenvalue weighted by Crippen LogP contribution is 2.25. The number of nitrogens with two attached hydrogens (primary N) is 5. The number of para-hydroxylation sites is 3. The number of hydrogen-bond donors (Lipinski definition) is 15. The summed E-state index contributed by atoms with van der Waals surface area (Å²) in [5, 5.41) is 26.6. The number of aromatic amines is 3. The Bertz CT molecular complexity index is 5820. The number of carboxylic acid groups (broad SMARTS) is 1. The summed E-state index contributed by atoms with van der Waals surface area (Å²) in [5.41, 5.74) is 83.8. The summed E-state index contributed by atoms with van der Waals surface area (Å²) in [7, 11) is 0. The van der Waals surface area contributed by atoms with E-state index >= 15 is 0 Å². The zero-order chi connectivity index (χ0) is 112. The topological polar surface area (TPSA) is 859 Å². The van der Waals surface area contributed by atoms with Crippen molar-refractivity contribution in [3.05, 3.63) is 141 Å². The lowest BCUT2D eigenvalue weighted by atomic mass is 9.93. The van der Waals surface area contributed by atoms with E-state index in [9.17, 15) is 91.1 Å². The highest BCUT2D eigenvalue weighted by molar-refractivity contribution is 6.27. The molecule has 0 fully saturated rings. The minimum absolute atomic E-state index is 0.00194. The summed E-state index contributed by atoms with van der Waals surface area (Å²) < 4.78 is 25.2. The van der Waals surface area contributed by atoms with Gasteiger partial charge in [-0.15, -0.1) is 0 Å². The first-order valence-electron chi connectivity index (χ1n) is 47.1. The molecule has 0 bridgehead atoms. The molecule has 12 atom stereocenters. The predicted molar refractivity (Wildman–Crippen MR) is 535 cm³/mol. The van der Waals surface area contributed by atoms with E-state index in [4.69, 9.17) is 90.6 Å². The standard InChI is InChI=1S/C23H28N4O5.C20H25N5O4.C19H23N5O4.C15H26N4O4.C11H18N4O4.C9H14N4O4/c1-14(2)32-23(31)21(9-8-18(29)13-26-24)27-22(30)16(10-15(3)28)11-17-12-25-20-7-5-4-6-19(17)20;1-12(2)29-20(28)18(8-7-14(26)11-24-22)25-19(27)16(21)9-13-10-23-17-6-4-3-5-15(13)17;1-2-28-19(27)17(8-7-13(25)11-23-21)24-18(26)15(20)9-12-10-22-16-6-4-3-5-14(12)16;1-9(2)7-12(16)14(21)19-13(15(22)23-10(3)4)6-5-11(20)8-18-17;1-3-19-11(18)9(15-10(17)7(2)12)5-4-8(16)6-14-13;1-5(10)8(15)13-7(9(16)17)3-2-6(14)4-12-11/h4-7,12-14,16,21,25H,8-11H2,1-3H3,(H,27,30);3-6,10-12,16,18,23H,7-9,21H2,1-2H3,(H,25,27);3-6,10-11,15,17,22H,2,7-9,20H2,1H3,(H,24,26);8-10,12-13H,5-7,16H2,1-4H3,(H,19,21);6-7,9H,3-5,12H2,1-2H3,(H,15,17);4-5,7H,2-3,10H2,1H3,(H,13,15)(H,16,17)/t16-,21-;16-,18-;15-,17-;12-,13-;7-,9-;5-,7-/m000000/s1. The van der Waals surface area contributed by atoms with Gasteiger partial charge in [0.15, 0.2) is 0 Å². The maximum Gasteiger partial charge on any atom is 0.328 e. The molecule has 3 aromatic carbocycles. The first-order valence-corrected chi connectivity index (χ1v) is 47.1. The maximum absolute atomic E-state index is 13.1. The van der Waals surface area contributed by atoms with Crippen LogP contribution in [-0.2, 0) is 134 Å². The van der Waals surface area contributed by atoms with E-state index in [2.05, 4.69) is 75.6 Å². The predicted octanol–water partition coefficient (Wildman–Crippen LogP) is 2.28. The highest BCUT2D eigenvalue weighted by atomic mass is 16.6. The van der Waals surface area contributed by atoms with Gasteiger partial charge >= 0.3 is 73.1 Å². The molecular formula is C97H134N26O25. The van der Waals surface area contributed by atoms with Crippen LogP contribution in [0, 0.1) is 11.8 Å². The van der Waals surface area contributed by atoms with Gasteiger partial charge in [-0.1, -0.05) is 68.4 Å². The molecule has 0 radical (unpaired) electrons. The molecule has 802 valence electrons. The fraction of sp³-hybridized carbons (Fsp3) is 0.495. The molecule has 0 aliphatic heterocycles. The Labute approximate surface area is 852 Å². The molecule has 6 amide bonds. The molecule has 0 saturated carbocycles. The fourth-order valence-electron chi connectivity index (χ4n) is 13.2. The summed E-state index contributed by atoms with van der Waals surface area (Å²) in [6, 6.07) is 12.6. The van der Waals surface area contributed by atoms with Crippen LogP contribution < -0.4 is 60.6 Å². The molecule has 6 aromatic rings. The van der Waals surface area contributed by atoms with E-state index in [1.165, 1.54) is 20.8 Å². The van der Waals surface area contributed by atoms with Gasteiger partial charge in [0.05, 0.1) is 61.7 Å². The lowest BCUT2D eigenvalue weighted by molar-refractivity contribution is -0.152. The Kier molecular flexibility index (Phi) is 62.4. The molecule has 0 aliphatic rings.